The molecule has 72 valence electrons. The molecule has 0 atom stereocenters. The molecule has 1 aromatic carbocycles. The third kappa shape index (κ3) is 1.84. The Morgan fingerprint density at radius 1 is 1.14 bits per heavy atom. The van der Waals surface area contributed by atoms with Crippen molar-refractivity contribution in [1.82, 2.24) is 0 Å². The van der Waals surface area contributed by atoms with Crippen LogP contribution in [0.2, 0.25) is 4.34 Å². The van der Waals surface area contributed by atoms with E-state index in [0.29, 0.717) is 0 Å². The second-order valence-electron chi connectivity index (χ2n) is 3.16. The van der Waals surface area contributed by atoms with Gasteiger partial charge in [-0.15, -0.1) is 11.3 Å². The van der Waals surface area contributed by atoms with Crippen LogP contribution < -0.4 is 0 Å². The molecule has 0 bridgehead atoms. The number of aryl methyl sites for hydroxylation is 1. The molecule has 0 radical (unpaired) electrons. The van der Waals surface area contributed by atoms with Crippen LogP contribution >= 0.6 is 22.9 Å². The van der Waals surface area contributed by atoms with E-state index in [1.165, 1.54) is 11.1 Å². The molecule has 1 heterocycles. The van der Waals surface area contributed by atoms with Crippen molar-refractivity contribution in [3.05, 3.63) is 45.6 Å². The largest absolute Gasteiger partial charge is 0.131 e. The Morgan fingerprint density at radius 2 is 1.86 bits per heavy atom. The smallest absolute Gasteiger partial charge is 0.101 e. The fraction of sp³-hybridized carbons (Fsp3) is 0.167. The van der Waals surface area contributed by atoms with Crippen molar-refractivity contribution in [3.8, 4) is 11.1 Å². The Hall–Kier alpha value is -0.790. The summed E-state index contributed by atoms with van der Waals surface area (Å²) in [4.78, 5) is 0. The zero-order valence-electron chi connectivity index (χ0n) is 7.96. The number of benzene rings is 1. The van der Waals surface area contributed by atoms with E-state index in [1.807, 2.05) is 5.38 Å². The standard InChI is InChI=1S/C12H11ClS/c1-2-9-3-5-10(6-4-9)11-7-8-14-12(11)13/h3-8H,2H2,1H3. The van der Waals surface area contributed by atoms with Crippen LogP contribution in [0.15, 0.2) is 35.7 Å². The summed E-state index contributed by atoms with van der Waals surface area (Å²) in [5, 5.41) is 2.02. The molecule has 2 aromatic rings. The molecule has 1 aromatic heterocycles. The average molecular weight is 223 g/mol. The van der Waals surface area contributed by atoms with Crippen LogP contribution in [0.1, 0.15) is 12.5 Å². The van der Waals surface area contributed by atoms with E-state index < -0.39 is 0 Å². The minimum atomic E-state index is 0.870. The van der Waals surface area contributed by atoms with E-state index in [2.05, 4.69) is 37.3 Å². The first-order chi connectivity index (χ1) is 6.81. The van der Waals surface area contributed by atoms with Gasteiger partial charge in [-0.3, -0.25) is 0 Å². The van der Waals surface area contributed by atoms with Gasteiger partial charge in [0, 0.05) is 5.56 Å². The Balaban J connectivity index is 2.39. The lowest BCUT2D eigenvalue weighted by molar-refractivity contribution is 1.14. The lowest BCUT2D eigenvalue weighted by atomic mass is 10.1. The van der Waals surface area contributed by atoms with Crippen molar-refractivity contribution >= 4 is 22.9 Å². The second-order valence-corrected chi connectivity index (χ2v) is 4.68. The van der Waals surface area contributed by atoms with E-state index in [-0.39, 0.29) is 0 Å². The topological polar surface area (TPSA) is 0 Å². The fourth-order valence-electron chi connectivity index (χ4n) is 1.42. The van der Waals surface area contributed by atoms with Crippen molar-refractivity contribution in [1.29, 1.82) is 0 Å². The van der Waals surface area contributed by atoms with Gasteiger partial charge in [-0.2, -0.15) is 0 Å². The second kappa shape index (κ2) is 4.16. The molecular weight excluding hydrogens is 212 g/mol. The van der Waals surface area contributed by atoms with E-state index in [9.17, 15) is 0 Å². The van der Waals surface area contributed by atoms with Gasteiger partial charge < -0.3 is 0 Å². The number of thiophene rings is 1. The zero-order valence-corrected chi connectivity index (χ0v) is 9.53. The maximum atomic E-state index is 6.07. The van der Waals surface area contributed by atoms with Crippen molar-refractivity contribution in [3.63, 3.8) is 0 Å². The van der Waals surface area contributed by atoms with Gasteiger partial charge in [0.15, 0.2) is 0 Å². The summed E-state index contributed by atoms with van der Waals surface area (Å²) in [7, 11) is 0. The lowest BCUT2D eigenvalue weighted by Gasteiger charge is -2.00. The summed E-state index contributed by atoms with van der Waals surface area (Å²) in [5.41, 5.74) is 3.70. The first kappa shape index (κ1) is 9.75. The molecule has 0 aliphatic rings. The van der Waals surface area contributed by atoms with Crippen molar-refractivity contribution in [2.45, 2.75) is 13.3 Å². The van der Waals surface area contributed by atoms with E-state index in [1.54, 1.807) is 11.3 Å². The SMILES string of the molecule is CCc1ccc(-c2ccsc2Cl)cc1. The van der Waals surface area contributed by atoms with Crippen LogP contribution in [0, 0.1) is 0 Å². The molecule has 0 aliphatic heterocycles. The predicted octanol–water partition coefficient (Wildman–Crippen LogP) is 4.63. The lowest BCUT2D eigenvalue weighted by Crippen LogP contribution is -1.79. The van der Waals surface area contributed by atoms with Crippen LogP contribution in [0.4, 0.5) is 0 Å². The molecule has 0 saturated heterocycles. The number of hydrogen-bond donors (Lipinski definition) is 0. The van der Waals surface area contributed by atoms with E-state index in [4.69, 9.17) is 11.6 Å². The predicted molar refractivity (Wildman–Crippen MR) is 64.1 cm³/mol. The summed E-state index contributed by atoms with van der Waals surface area (Å²) < 4.78 is 0.870. The normalized spacial score (nSPS) is 10.4. The Morgan fingerprint density at radius 3 is 2.36 bits per heavy atom. The van der Waals surface area contributed by atoms with E-state index in [0.717, 1.165) is 16.3 Å². The van der Waals surface area contributed by atoms with Gasteiger partial charge >= 0.3 is 0 Å². The van der Waals surface area contributed by atoms with Crippen molar-refractivity contribution in [2.24, 2.45) is 0 Å². The van der Waals surface area contributed by atoms with Crippen molar-refractivity contribution in [2.75, 3.05) is 0 Å². The zero-order chi connectivity index (χ0) is 9.97. The van der Waals surface area contributed by atoms with Crippen LogP contribution in [0.25, 0.3) is 11.1 Å². The van der Waals surface area contributed by atoms with Gasteiger partial charge in [-0.25, -0.2) is 0 Å². The van der Waals surface area contributed by atoms with Gasteiger partial charge in [-0.1, -0.05) is 42.8 Å². The Kier molecular flexibility index (Phi) is 2.90. The summed E-state index contributed by atoms with van der Waals surface area (Å²) in [6, 6.07) is 10.6. The molecular formula is C12H11ClS. The molecule has 0 nitrogen and oxygen atoms in total. The van der Waals surface area contributed by atoms with Gasteiger partial charge in [-0.05, 0) is 29.0 Å². The van der Waals surface area contributed by atoms with Gasteiger partial charge in [0.25, 0.3) is 0 Å². The number of rotatable bonds is 2. The van der Waals surface area contributed by atoms with Crippen LogP contribution in [-0.2, 0) is 6.42 Å². The average Bonchev–Trinajstić information content (AvgIpc) is 2.65. The highest BCUT2D eigenvalue weighted by Gasteiger charge is 2.03. The van der Waals surface area contributed by atoms with Crippen LogP contribution in [0.5, 0.6) is 0 Å². The molecule has 0 aliphatic carbocycles. The first-order valence-electron chi connectivity index (χ1n) is 4.63. The minimum Gasteiger partial charge on any atom is -0.131 e. The fourth-order valence-corrected chi connectivity index (χ4v) is 2.38. The summed E-state index contributed by atoms with van der Waals surface area (Å²) in [6.45, 7) is 2.16. The third-order valence-corrected chi connectivity index (χ3v) is 3.46. The highest BCUT2D eigenvalue weighted by Crippen LogP contribution is 2.32. The Bertz CT molecular complexity index is 414. The molecule has 0 N–H and O–H groups in total. The highest BCUT2D eigenvalue weighted by atomic mass is 35.5. The molecule has 0 unspecified atom stereocenters. The van der Waals surface area contributed by atoms with Crippen molar-refractivity contribution < 1.29 is 0 Å². The molecule has 0 amide bonds. The number of hydrogen-bond acceptors (Lipinski definition) is 1. The van der Waals surface area contributed by atoms with E-state index >= 15 is 0 Å². The van der Waals surface area contributed by atoms with Gasteiger partial charge in [0.2, 0.25) is 0 Å². The van der Waals surface area contributed by atoms with Crippen LogP contribution in [-0.4, -0.2) is 0 Å². The third-order valence-electron chi connectivity index (χ3n) is 2.29. The maximum absolute atomic E-state index is 6.07. The van der Waals surface area contributed by atoms with Gasteiger partial charge in [0.1, 0.15) is 4.34 Å². The monoisotopic (exact) mass is 222 g/mol. The quantitative estimate of drug-likeness (QED) is 0.695. The molecule has 0 spiro atoms. The number of halogens is 1. The summed E-state index contributed by atoms with van der Waals surface area (Å²) >= 11 is 7.64. The molecule has 0 fully saturated rings. The maximum Gasteiger partial charge on any atom is 0.101 e. The highest BCUT2D eigenvalue weighted by molar-refractivity contribution is 7.15. The molecule has 14 heavy (non-hydrogen) atoms. The molecule has 2 heteroatoms. The Labute approximate surface area is 93.2 Å². The minimum absolute atomic E-state index is 0.870. The molecule has 2 rings (SSSR count). The summed E-state index contributed by atoms with van der Waals surface area (Å²) in [5.74, 6) is 0. The van der Waals surface area contributed by atoms with Crippen LogP contribution in [0.3, 0.4) is 0 Å². The van der Waals surface area contributed by atoms with Gasteiger partial charge in [0.05, 0.1) is 0 Å². The summed E-state index contributed by atoms with van der Waals surface area (Å²) in [6.07, 6.45) is 1.08. The molecule has 0 saturated carbocycles. The first-order valence-corrected chi connectivity index (χ1v) is 5.89.